The SMILES string of the molecule is CCCC[O][Ti](=[O])[O]CCCCC(CC)C(=O)O. The number of carbonyl (C=O) groups is 1. The van der Waals surface area contributed by atoms with Gasteiger partial charge in [-0.05, 0) is 0 Å². The Hall–Kier alpha value is -0.0957. The van der Waals surface area contributed by atoms with E-state index in [2.05, 4.69) is 0 Å². The van der Waals surface area contributed by atoms with E-state index in [0.717, 1.165) is 25.7 Å². The van der Waals surface area contributed by atoms with Gasteiger partial charge in [0.05, 0.1) is 0 Å². The van der Waals surface area contributed by atoms with Crippen LogP contribution in [-0.2, 0) is 33.4 Å². The van der Waals surface area contributed by atoms with E-state index < -0.39 is 24.6 Å². The van der Waals surface area contributed by atoms with Crippen molar-refractivity contribution in [1.82, 2.24) is 0 Å². The fourth-order valence-electron chi connectivity index (χ4n) is 1.49. The van der Waals surface area contributed by atoms with Crippen LogP contribution >= 0.6 is 0 Å². The molecule has 1 unspecified atom stereocenters. The van der Waals surface area contributed by atoms with E-state index >= 15 is 0 Å². The molecular formula is C12H24O5Ti. The summed E-state index contributed by atoms with van der Waals surface area (Å²) < 4.78 is 21.5. The molecule has 5 nitrogen and oxygen atoms in total. The molecule has 0 aliphatic heterocycles. The van der Waals surface area contributed by atoms with E-state index in [1.54, 1.807) is 0 Å². The van der Waals surface area contributed by atoms with Gasteiger partial charge in [-0.25, -0.2) is 0 Å². The maximum absolute atomic E-state index is 11.3. The minimum absolute atomic E-state index is 0.270. The zero-order valence-corrected chi connectivity index (χ0v) is 12.9. The molecule has 0 rings (SSSR count). The Balaban J connectivity index is 3.44. The van der Waals surface area contributed by atoms with Crippen LogP contribution in [0.3, 0.4) is 0 Å². The summed E-state index contributed by atoms with van der Waals surface area (Å²) >= 11 is -2.95. The van der Waals surface area contributed by atoms with E-state index in [0.29, 0.717) is 26.1 Å². The fourth-order valence-corrected chi connectivity index (χ4v) is 2.59. The molecule has 6 heteroatoms. The van der Waals surface area contributed by atoms with Crippen LogP contribution in [0.15, 0.2) is 0 Å². The molecule has 1 atom stereocenters. The molecule has 0 radical (unpaired) electrons. The Kier molecular flexibility index (Phi) is 11.9. The third kappa shape index (κ3) is 9.89. The molecule has 0 aromatic carbocycles. The fraction of sp³-hybridized carbons (Fsp3) is 0.917. The predicted octanol–water partition coefficient (Wildman–Crippen LogP) is 2.89. The summed E-state index contributed by atoms with van der Waals surface area (Å²) in [5, 5.41) is 8.85. The van der Waals surface area contributed by atoms with Gasteiger partial charge in [-0.1, -0.05) is 0 Å². The van der Waals surface area contributed by atoms with Crippen molar-refractivity contribution in [2.24, 2.45) is 5.92 Å². The Bertz CT molecular complexity index is 245. The van der Waals surface area contributed by atoms with Crippen LogP contribution in [0.1, 0.15) is 52.4 Å². The van der Waals surface area contributed by atoms with Crippen LogP contribution in [-0.4, -0.2) is 24.3 Å². The van der Waals surface area contributed by atoms with E-state index in [4.69, 9.17) is 11.7 Å². The van der Waals surface area contributed by atoms with E-state index in [-0.39, 0.29) is 5.92 Å². The molecule has 0 heterocycles. The number of carboxylic acid groups (broad SMARTS) is 1. The van der Waals surface area contributed by atoms with E-state index in [1.807, 2.05) is 13.8 Å². The van der Waals surface area contributed by atoms with Crippen LogP contribution in [0.25, 0.3) is 0 Å². The Labute approximate surface area is 116 Å². The number of hydrogen-bond donors (Lipinski definition) is 1. The predicted molar refractivity (Wildman–Crippen MR) is 62.8 cm³/mol. The van der Waals surface area contributed by atoms with Crippen LogP contribution in [0, 0.1) is 5.92 Å². The monoisotopic (exact) mass is 296 g/mol. The molecule has 0 amide bonds. The zero-order chi connectivity index (χ0) is 13.8. The first-order valence-corrected chi connectivity index (χ1v) is 8.55. The van der Waals surface area contributed by atoms with Crippen LogP contribution < -0.4 is 0 Å². The summed E-state index contributed by atoms with van der Waals surface area (Å²) in [5.41, 5.74) is 0. The van der Waals surface area contributed by atoms with Gasteiger partial charge in [-0.3, -0.25) is 0 Å². The summed E-state index contributed by atoms with van der Waals surface area (Å²) in [6.45, 7) is 4.83. The van der Waals surface area contributed by atoms with Gasteiger partial charge in [0.1, 0.15) is 0 Å². The van der Waals surface area contributed by atoms with Crippen molar-refractivity contribution >= 4 is 5.97 Å². The minimum atomic E-state index is -2.95. The van der Waals surface area contributed by atoms with Crippen molar-refractivity contribution in [1.29, 1.82) is 0 Å². The molecule has 0 saturated carbocycles. The van der Waals surface area contributed by atoms with Crippen molar-refractivity contribution in [3.63, 3.8) is 0 Å². The van der Waals surface area contributed by atoms with Gasteiger partial charge in [0, 0.05) is 0 Å². The second-order valence-corrected chi connectivity index (χ2v) is 5.92. The standard InChI is InChI=1S/C8H15O3.C4H9O.O.Ti/c1-2-7(8(10)11)5-3-4-6-9;1-2-3-4-5;;/h7H,2-6H2,1H3,(H,10,11);2-4H2,1H3;;/q2*-1;;+2. The van der Waals surface area contributed by atoms with Crippen molar-refractivity contribution in [2.75, 3.05) is 13.2 Å². The van der Waals surface area contributed by atoms with Crippen molar-refractivity contribution in [3.05, 3.63) is 0 Å². The van der Waals surface area contributed by atoms with Gasteiger partial charge in [-0.2, -0.15) is 0 Å². The normalized spacial score (nSPS) is 12.3. The molecule has 0 saturated heterocycles. The number of unbranched alkanes of at least 4 members (excludes halogenated alkanes) is 2. The number of carboxylic acids is 1. The summed E-state index contributed by atoms with van der Waals surface area (Å²) in [6, 6.07) is 0. The first-order chi connectivity index (χ1) is 8.61. The molecule has 0 fully saturated rings. The maximum atomic E-state index is 11.3. The van der Waals surface area contributed by atoms with Gasteiger partial charge in [-0.15, -0.1) is 0 Å². The van der Waals surface area contributed by atoms with Crippen molar-refractivity contribution in [2.45, 2.75) is 52.4 Å². The molecule has 1 N–H and O–H groups in total. The molecule has 0 aliphatic carbocycles. The van der Waals surface area contributed by atoms with Gasteiger partial charge < -0.3 is 0 Å². The average molecular weight is 296 g/mol. The van der Waals surface area contributed by atoms with Gasteiger partial charge in [0.25, 0.3) is 0 Å². The third-order valence-electron chi connectivity index (χ3n) is 2.73. The summed E-state index contributed by atoms with van der Waals surface area (Å²) in [5.74, 6) is -1.01. The number of rotatable bonds is 12. The molecule has 0 aromatic heterocycles. The van der Waals surface area contributed by atoms with E-state index in [1.165, 1.54) is 0 Å². The molecule has 18 heavy (non-hydrogen) atoms. The molecule has 0 aromatic rings. The van der Waals surface area contributed by atoms with E-state index in [9.17, 15) is 8.12 Å². The number of aliphatic carboxylic acids is 1. The van der Waals surface area contributed by atoms with Gasteiger partial charge in [0.2, 0.25) is 0 Å². The second kappa shape index (κ2) is 12.0. The van der Waals surface area contributed by atoms with Crippen molar-refractivity contribution < 1.29 is 38.5 Å². The van der Waals surface area contributed by atoms with Crippen LogP contribution in [0.4, 0.5) is 0 Å². The number of hydrogen-bond acceptors (Lipinski definition) is 4. The van der Waals surface area contributed by atoms with Gasteiger partial charge in [0.15, 0.2) is 0 Å². The molecule has 106 valence electrons. The second-order valence-electron chi connectivity index (χ2n) is 4.24. The zero-order valence-electron chi connectivity index (χ0n) is 11.3. The van der Waals surface area contributed by atoms with Crippen LogP contribution in [0.5, 0.6) is 0 Å². The van der Waals surface area contributed by atoms with Crippen LogP contribution in [0.2, 0.25) is 0 Å². The quantitative estimate of drug-likeness (QED) is 0.443. The molecule has 0 bridgehead atoms. The Morgan fingerprint density at radius 2 is 1.78 bits per heavy atom. The first kappa shape index (κ1) is 17.9. The van der Waals surface area contributed by atoms with Gasteiger partial charge >= 0.3 is 116 Å². The molecular weight excluding hydrogens is 272 g/mol. The summed E-state index contributed by atoms with van der Waals surface area (Å²) in [4.78, 5) is 10.8. The average Bonchev–Trinajstić information content (AvgIpc) is 2.33. The first-order valence-electron chi connectivity index (χ1n) is 6.64. The summed E-state index contributed by atoms with van der Waals surface area (Å²) in [7, 11) is 0. The topological polar surface area (TPSA) is 72.8 Å². The van der Waals surface area contributed by atoms with Crippen molar-refractivity contribution in [3.8, 4) is 0 Å². The Morgan fingerprint density at radius 1 is 1.17 bits per heavy atom. The Morgan fingerprint density at radius 3 is 2.28 bits per heavy atom. The molecule has 0 aliphatic rings. The molecule has 0 spiro atoms. The summed E-state index contributed by atoms with van der Waals surface area (Å²) in [6.07, 6.45) is 4.74. The third-order valence-corrected chi connectivity index (χ3v) is 4.10.